The Morgan fingerprint density at radius 3 is 1.83 bits per heavy atom. The van der Waals surface area contributed by atoms with E-state index in [1.54, 1.807) is 0 Å². The summed E-state index contributed by atoms with van der Waals surface area (Å²) >= 11 is 0. The van der Waals surface area contributed by atoms with E-state index < -0.39 is 41.3 Å². The molecular formula is C10H14F4N2O2. The number of hydrogen-bond donors (Lipinski definition) is 2. The van der Waals surface area contributed by atoms with Gasteiger partial charge >= 0.3 is 5.97 Å². The third-order valence-electron chi connectivity index (χ3n) is 1.66. The lowest BCUT2D eigenvalue weighted by molar-refractivity contribution is -0.132. The highest BCUT2D eigenvalue weighted by Gasteiger charge is 2.31. The number of nitrogens with two attached hydrogens (primary N) is 1. The van der Waals surface area contributed by atoms with Crippen LogP contribution in [-0.2, 0) is 4.79 Å². The van der Waals surface area contributed by atoms with E-state index in [1.807, 2.05) is 0 Å². The largest absolute Gasteiger partial charge is 0.478 e. The zero-order valence-corrected chi connectivity index (χ0v) is 10.0. The fourth-order valence-electron chi connectivity index (χ4n) is 1.07. The second-order valence-corrected chi connectivity index (χ2v) is 4.40. The van der Waals surface area contributed by atoms with Crippen molar-refractivity contribution in [2.75, 3.05) is 0 Å². The number of rotatable bonds is 4. The van der Waals surface area contributed by atoms with Gasteiger partial charge in [0.2, 0.25) is 0 Å². The standard InChI is InChI=1S/C10H14F4N2O2/c1-10(2,3)16-6(8(13)14)4(9(17)18)5(15)7(11)12/h7-8H,15H2,1-3H3,(H,17,18). The van der Waals surface area contributed by atoms with E-state index in [1.165, 1.54) is 20.8 Å². The average molecular weight is 270 g/mol. The van der Waals surface area contributed by atoms with E-state index in [0.717, 1.165) is 0 Å². The Bertz CT molecular complexity index is 384. The van der Waals surface area contributed by atoms with Crippen LogP contribution < -0.4 is 5.73 Å². The predicted molar refractivity (Wildman–Crippen MR) is 58.0 cm³/mol. The number of carboxylic acid groups (broad SMARTS) is 1. The summed E-state index contributed by atoms with van der Waals surface area (Å²) in [6.07, 6.45) is -6.66. The maximum Gasteiger partial charge on any atom is 0.339 e. The van der Waals surface area contributed by atoms with Crippen molar-refractivity contribution in [2.24, 2.45) is 10.7 Å². The van der Waals surface area contributed by atoms with Crippen LogP contribution in [0.5, 0.6) is 0 Å². The van der Waals surface area contributed by atoms with E-state index in [0.29, 0.717) is 0 Å². The Morgan fingerprint density at radius 2 is 1.61 bits per heavy atom. The van der Waals surface area contributed by atoms with Gasteiger partial charge in [0.15, 0.2) is 0 Å². The summed E-state index contributed by atoms with van der Waals surface area (Å²) in [4.78, 5) is 14.2. The van der Waals surface area contributed by atoms with Crippen molar-refractivity contribution < 1.29 is 27.5 Å². The molecule has 0 heterocycles. The highest BCUT2D eigenvalue weighted by atomic mass is 19.3. The van der Waals surface area contributed by atoms with Gasteiger partial charge in [-0.15, -0.1) is 0 Å². The second-order valence-electron chi connectivity index (χ2n) is 4.40. The number of carboxylic acids is 1. The van der Waals surface area contributed by atoms with Crippen LogP contribution in [0.2, 0.25) is 0 Å². The number of aliphatic carboxylic acids is 1. The molecule has 0 spiro atoms. The van der Waals surface area contributed by atoms with Crippen molar-refractivity contribution in [3.8, 4) is 0 Å². The minimum atomic E-state index is -3.35. The summed E-state index contributed by atoms with van der Waals surface area (Å²) in [5.41, 5.74) is -0.199. The number of hydrogen-bond acceptors (Lipinski definition) is 3. The molecule has 0 unspecified atom stereocenters. The molecule has 0 radical (unpaired) electrons. The fraction of sp³-hybridized carbons (Fsp3) is 0.600. The smallest absolute Gasteiger partial charge is 0.339 e. The van der Waals surface area contributed by atoms with Crippen LogP contribution in [0.1, 0.15) is 20.8 Å². The number of aliphatic imine (C=N–C) groups is 1. The molecule has 0 amide bonds. The molecule has 0 rings (SSSR count). The molecule has 3 N–H and O–H groups in total. The highest BCUT2D eigenvalue weighted by Crippen LogP contribution is 2.19. The van der Waals surface area contributed by atoms with E-state index in [2.05, 4.69) is 4.99 Å². The summed E-state index contributed by atoms with van der Waals surface area (Å²) in [5, 5.41) is 8.72. The van der Waals surface area contributed by atoms with Gasteiger partial charge in [0.25, 0.3) is 12.9 Å². The van der Waals surface area contributed by atoms with Crippen LogP contribution in [0.15, 0.2) is 16.3 Å². The van der Waals surface area contributed by atoms with Crippen molar-refractivity contribution in [2.45, 2.75) is 39.2 Å². The van der Waals surface area contributed by atoms with E-state index >= 15 is 0 Å². The predicted octanol–water partition coefficient (Wildman–Crippen LogP) is 2.05. The molecule has 0 bridgehead atoms. The molecule has 8 heteroatoms. The summed E-state index contributed by atoms with van der Waals surface area (Å²) in [6, 6.07) is 0. The van der Waals surface area contributed by atoms with Gasteiger partial charge in [-0.1, -0.05) is 0 Å². The van der Waals surface area contributed by atoms with Gasteiger partial charge in [0.05, 0.1) is 11.2 Å². The molecule has 18 heavy (non-hydrogen) atoms. The van der Waals surface area contributed by atoms with E-state index in [4.69, 9.17) is 10.8 Å². The quantitative estimate of drug-likeness (QED) is 0.466. The maximum absolute atomic E-state index is 12.7. The summed E-state index contributed by atoms with van der Waals surface area (Å²) in [6.45, 7) is 4.27. The van der Waals surface area contributed by atoms with Crippen molar-refractivity contribution in [3.05, 3.63) is 11.3 Å². The number of allylic oxidation sites excluding steroid dienone is 1. The number of carbonyl (C=O) groups is 1. The van der Waals surface area contributed by atoms with Gasteiger partial charge in [0.1, 0.15) is 11.3 Å². The third kappa shape index (κ3) is 4.72. The Labute approximate surface area is 101 Å². The molecular weight excluding hydrogens is 256 g/mol. The van der Waals surface area contributed by atoms with Gasteiger partial charge in [-0.3, -0.25) is 4.99 Å². The van der Waals surface area contributed by atoms with Crippen LogP contribution in [0.3, 0.4) is 0 Å². The maximum atomic E-state index is 12.7. The molecule has 0 aromatic rings. The lowest BCUT2D eigenvalue weighted by Crippen LogP contribution is -2.29. The molecule has 4 nitrogen and oxygen atoms in total. The molecule has 0 aliphatic heterocycles. The number of nitrogens with zero attached hydrogens (tertiary/aromatic N) is 1. The number of halogens is 4. The molecule has 0 aromatic heterocycles. The van der Waals surface area contributed by atoms with Gasteiger partial charge in [-0.2, -0.15) is 0 Å². The first-order valence-electron chi connectivity index (χ1n) is 4.86. The molecule has 104 valence electrons. The van der Waals surface area contributed by atoms with Gasteiger partial charge in [0, 0.05) is 0 Å². The zero-order chi connectivity index (χ0) is 14.7. The average Bonchev–Trinajstić information content (AvgIpc) is 2.13. The van der Waals surface area contributed by atoms with Crippen molar-refractivity contribution in [1.29, 1.82) is 0 Å². The Balaban J connectivity index is 5.94. The van der Waals surface area contributed by atoms with Crippen LogP contribution in [0.25, 0.3) is 0 Å². The van der Waals surface area contributed by atoms with Crippen molar-refractivity contribution in [3.63, 3.8) is 0 Å². The van der Waals surface area contributed by atoms with Crippen LogP contribution in [0.4, 0.5) is 17.6 Å². The molecule has 0 aromatic carbocycles. The van der Waals surface area contributed by atoms with Crippen molar-refractivity contribution in [1.82, 2.24) is 0 Å². The summed E-state index contributed by atoms with van der Waals surface area (Å²) < 4.78 is 50.2. The lowest BCUT2D eigenvalue weighted by atomic mass is 10.1. The van der Waals surface area contributed by atoms with Gasteiger partial charge in [-0.25, -0.2) is 22.4 Å². The Morgan fingerprint density at radius 1 is 1.17 bits per heavy atom. The zero-order valence-electron chi connectivity index (χ0n) is 10.0. The molecule has 0 saturated heterocycles. The molecule has 0 atom stereocenters. The minimum absolute atomic E-state index is 1.05. The topological polar surface area (TPSA) is 75.7 Å². The second kappa shape index (κ2) is 5.83. The Kier molecular flexibility index (Phi) is 5.31. The monoisotopic (exact) mass is 270 g/mol. The SMILES string of the molecule is CC(C)(C)N=C(C(C(=O)O)=C(N)C(F)F)C(F)F. The number of alkyl halides is 4. The van der Waals surface area contributed by atoms with E-state index in [-0.39, 0.29) is 0 Å². The first-order chi connectivity index (χ1) is 7.97. The van der Waals surface area contributed by atoms with Crippen LogP contribution >= 0.6 is 0 Å². The Hall–Kier alpha value is -1.60. The van der Waals surface area contributed by atoms with Crippen LogP contribution in [0, 0.1) is 0 Å². The summed E-state index contributed by atoms with van der Waals surface area (Å²) in [5.74, 6) is -1.96. The lowest BCUT2D eigenvalue weighted by Gasteiger charge is -2.17. The molecule has 0 aliphatic rings. The van der Waals surface area contributed by atoms with Crippen molar-refractivity contribution >= 4 is 11.7 Å². The minimum Gasteiger partial charge on any atom is -0.478 e. The normalized spacial score (nSPS) is 15.1. The molecule has 0 fully saturated rings. The van der Waals surface area contributed by atoms with Crippen LogP contribution in [-0.4, -0.2) is 35.2 Å². The highest BCUT2D eigenvalue weighted by molar-refractivity contribution is 6.21. The van der Waals surface area contributed by atoms with E-state index in [9.17, 15) is 22.4 Å². The molecule has 0 saturated carbocycles. The molecule has 0 aliphatic carbocycles. The summed E-state index contributed by atoms with van der Waals surface area (Å²) in [7, 11) is 0. The first kappa shape index (κ1) is 16.4. The fourth-order valence-corrected chi connectivity index (χ4v) is 1.07. The van der Waals surface area contributed by atoms with Gasteiger partial charge < -0.3 is 10.8 Å². The first-order valence-corrected chi connectivity index (χ1v) is 4.86. The van der Waals surface area contributed by atoms with Gasteiger partial charge in [-0.05, 0) is 20.8 Å². The third-order valence-corrected chi connectivity index (χ3v) is 1.66.